The number of ketones is 2. The van der Waals surface area contributed by atoms with Crippen LogP contribution >= 0.6 is 11.8 Å². The minimum absolute atomic E-state index is 0.137. The van der Waals surface area contributed by atoms with Gasteiger partial charge in [-0.2, -0.15) is 0 Å². The van der Waals surface area contributed by atoms with Gasteiger partial charge < -0.3 is 9.72 Å². The Balaban J connectivity index is 1.65. The van der Waals surface area contributed by atoms with Crippen molar-refractivity contribution >= 4 is 40.9 Å². The first-order valence-corrected chi connectivity index (χ1v) is 9.69. The lowest BCUT2D eigenvalue weighted by Crippen LogP contribution is -2.40. The van der Waals surface area contributed by atoms with Gasteiger partial charge in [0.2, 0.25) is 11.7 Å². The van der Waals surface area contributed by atoms with E-state index < -0.39 is 18.4 Å². The molecule has 2 aromatic rings. The predicted octanol–water partition coefficient (Wildman–Crippen LogP) is 2.70. The summed E-state index contributed by atoms with van der Waals surface area (Å²) in [6.45, 7) is 4.10. The molecular weight excluding hydrogens is 380 g/mol. The van der Waals surface area contributed by atoms with E-state index in [9.17, 15) is 19.2 Å². The van der Waals surface area contributed by atoms with Crippen LogP contribution in [-0.2, 0) is 14.3 Å². The van der Waals surface area contributed by atoms with Gasteiger partial charge in [-0.05, 0) is 38.5 Å². The molecule has 0 spiro atoms. The molecular formula is C20H20N2O5S. The number of aromatic nitrogens is 1. The summed E-state index contributed by atoms with van der Waals surface area (Å²) in [6.07, 6.45) is 0. The second-order valence-electron chi connectivity index (χ2n) is 6.50. The number of ether oxygens (including phenoxy) is 1. The van der Waals surface area contributed by atoms with Crippen molar-refractivity contribution in [3.8, 4) is 0 Å². The van der Waals surface area contributed by atoms with E-state index in [4.69, 9.17) is 4.74 Å². The van der Waals surface area contributed by atoms with Crippen molar-refractivity contribution in [1.82, 2.24) is 4.98 Å². The molecule has 8 heteroatoms. The Kier molecular flexibility index (Phi) is 5.69. The van der Waals surface area contributed by atoms with Gasteiger partial charge in [0.15, 0.2) is 12.4 Å². The summed E-state index contributed by atoms with van der Waals surface area (Å²) >= 11 is 1.42. The first-order chi connectivity index (χ1) is 13.3. The number of rotatable bonds is 6. The smallest absolute Gasteiger partial charge is 0.326 e. The predicted molar refractivity (Wildman–Crippen MR) is 105 cm³/mol. The second kappa shape index (κ2) is 8.02. The highest BCUT2D eigenvalue weighted by Crippen LogP contribution is 2.34. The van der Waals surface area contributed by atoms with Gasteiger partial charge in [0.05, 0.1) is 17.1 Å². The lowest BCUT2D eigenvalue weighted by atomic mass is 10.1. The molecule has 0 saturated heterocycles. The molecule has 0 radical (unpaired) electrons. The number of aromatic amines is 1. The number of anilines is 1. The summed E-state index contributed by atoms with van der Waals surface area (Å²) < 4.78 is 5.09. The minimum Gasteiger partial charge on any atom is -0.456 e. The summed E-state index contributed by atoms with van der Waals surface area (Å²) in [6, 6.07) is 7.32. The number of nitrogens with one attached hydrogen (secondary N) is 1. The molecule has 1 amide bonds. The third kappa shape index (κ3) is 3.87. The normalized spacial score (nSPS) is 13.2. The molecule has 3 rings (SSSR count). The fourth-order valence-corrected chi connectivity index (χ4v) is 4.21. The number of aryl methyl sites for hydroxylation is 1. The van der Waals surface area contributed by atoms with Crippen LogP contribution in [0.2, 0.25) is 0 Å². The molecule has 1 aromatic heterocycles. The van der Waals surface area contributed by atoms with Crippen molar-refractivity contribution < 1.29 is 23.9 Å². The number of thioether (sulfide) groups is 1. The number of amides is 1. The number of hydrogen-bond donors (Lipinski definition) is 1. The van der Waals surface area contributed by atoms with Crippen LogP contribution in [0, 0.1) is 13.8 Å². The lowest BCUT2D eigenvalue weighted by molar-refractivity contribution is -0.141. The number of H-pyrrole nitrogens is 1. The average Bonchev–Trinajstić information content (AvgIpc) is 2.96. The Morgan fingerprint density at radius 3 is 2.61 bits per heavy atom. The highest BCUT2D eigenvalue weighted by atomic mass is 32.2. The van der Waals surface area contributed by atoms with Gasteiger partial charge in [-0.25, -0.2) is 0 Å². The molecule has 0 fully saturated rings. The molecule has 146 valence electrons. The van der Waals surface area contributed by atoms with Crippen LogP contribution in [0.1, 0.15) is 39.0 Å². The molecule has 0 unspecified atom stereocenters. The quantitative estimate of drug-likeness (QED) is 0.592. The standard InChI is InChI=1S/C20H20N2O5S/c1-11-19(13(3)23)12(2)21-20(11)15(24)9-27-18(26)8-22-14-6-4-5-7-16(14)28-10-17(22)25/h4-7,21H,8-10H2,1-3H3. The largest absolute Gasteiger partial charge is 0.456 e. The third-order valence-electron chi connectivity index (χ3n) is 4.53. The van der Waals surface area contributed by atoms with Crippen LogP contribution in [-0.4, -0.2) is 47.3 Å². The van der Waals surface area contributed by atoms with Gasteiger partial charge in [-0.3, -0.25) is 24.1 Å². The van der Waals surface area contributed by atoms with E-state index in [-0.39, 0.29) is 29.7 Å². The van der Waals surface area contributed by atoms with E-state index in [0.717, 1.165) is 4.90 Å². The van der Waals surface area contributed by atoms with Crippen molar-refractivity contribution in [2.24, 2.45) is 0 Å². The molecule has 0 aliphatic carbocycles. The van der Waals surface area contributed by atoms with Crippen LogP contribution in [0.4, 0.5) is 5.69 Å². The van der Waals surface area contributed by atoms with E-state index in [1.54, 1.807) is 26.0 Å². The maximum Gasteiger partial charge on any atom is 0.326 e. The van der Waals surface area contributed by atoms with Crippen molar-refractivity contribution in [1.29, 1.82) is 0 Å². The van der Waals surface area contributed by atoms with Gasteiger partial charge in [-0.1, -0.05) is 12.1 Å². The molecule has 1 aliphatic heterocycles. The fourth-order valence-electron chi connectivity index (χ4n) is 3.28. The number of carbonyl (C=O) groups excluding carboxylic acids is 4. The zero-order chi connectivity index (χ0) is 20.4. The summed E-state index contributed by atoms with van der Waals surface area (Å²) in [5, 5.41) is 0. The van der Waals surface area contributed by atoms with Crippen LogP contribution in [0.5, 0.6) is 0 Å². The maximum absolute atomic E-state index is 12.4. The van der Waals surface area contributed by atoms with Crippen molar-refractivity contribution in [3.63, 3.8) is 0 Å². The first kappa shape index (κ1) is 19.9. The molecule has 28 heavy (non-hydrogen) atoms. The lowest BCUT2D eigenvalue weighted by Gasteiger charge is -2.27. The van der Waals surface area contributed by atoms with Crippen LogP contribution in [0.3, 0.4) is 0 Å². The first-order valence-electron chi connectivity index (χ1n) is 8.70. The zero-order valence-electron chi connectivity index (χ0n) is 15.8. The van der Waals surface area contributed by atoms with Crippen molar-refractivity contribution in [2.75, 3.05) is 23.8 Å². The van der Waals surface area contributed by atoms with Gasteiger partial charge >= 0.3 is 5.97 Å². The summed E-state index contributed by atoms with van der Waals surface area (Å²) in [7, 11) is 0. The fraction of sp³-hybridized carbons (Fsp3) is 0.300. The van der Waals surface area contributed by atoms with Crippen molar-refractivity contribution in [2.45, 2.75) is 25.7 Å². The topological polar surface area (TPSA) is 96.5 Å². The van der Waals surface area contributed by atoms with Crippen LogP contribution in [0.25, 0.3) is 0 Å². The monoisotopic (exact) mass is 400 g/mol. The maximum atomic E-state index is 12.4. The zero-order valence-corrected chi connectivity index (χ0v) is 16.6. The molecule has 1 N–H and O–H groups in total. The number of fused-ring (bicyclic) bond motifs is 1. The average molecular weight is 400 g/mol. The molecule has 0 bridgehead atoms. The third-order valence-corrected chi connectivity index (χ3v) is 5.58. The molecule has 1 aliphatic rings. The number of esters is 1. The van der Waals surface area contributed by atoms with E-state index in [1.165, 1.54) is 23.6 Å². The highest BCUT2D eigenvalue weighted by molar-refractivity contribution is 8.00. The van der Waals surface area contributed by atoms with Crippen LogP contribution in [0.15, 0.2) is 29.2 Å². The highest BCUT2D eigenvalue weighted by Gasteiger charge is 2.27. The number of carbonyl (C=O) groups is 4. The summed E-state index contributed by atoms with van der Waals surface area (Å²) in [4.78, 5) is 53.7. The van der Waals surface area contributed by atoms with Gasteiger partial charge in [-0.15, -0.1) is 11.8 Å². The van der Waals surface area contributed by atoms with Crippen LogP contribution < -0.4 is 4.90 Å². The number of nitrogens with zero attached hydrogens (tertiary/aromatic N) is 1. The SMILES string of the molecule is CC(=O)c1c(C)[nH]c(C(=O)COC(=O)CN2C(=O)CSc3ccccc32)c1C. The molecule has 0 atom stereocenters. The van der Waals surface area contributed by atoms with E-state index in [1.807, 2.05) is 12.1 Å². The number of Topliss-reactive ketones (excluding diaryl/α,β-unsaturated/α-hetero) is 2. The Morgan fingerprint density at radius 2 is 1.93 bits per heavy atom. The van der Waals surface area contributed by atoms with Gasteiger partial charge in [0.1, 0.15) is 6.54 Å². The molecule has 2 heterocycles. The minimum atomic E-state index is -0.670. The Bertz CT molecular complexity index is 979. The summed E-state index contributed by atoms with van der Waals surface area (Å²) in [5.41, 5.74) is 2.54. The Morgan fingerprint density at radius 1 is 1.21 bits per heavy atom. The van der Waals surface area contributed by atoms with Gasteiger partial charge in [0.25, 0.3) is 0 Å². The van der Waals surface area contributed by atoms with Gasteiger partial charge in [0, 0.05) is 16.2 Å². The van der Waals surface area contributed by atoms with E-state index in [0.29, 0.717) is 22.5 Å². The number of hydrogen-bond acceptors (Lipinski definition) is 6. The molecule has 7 nitrogen and oxygen atoms in total. The van der Waals surface area contributed by atoms with E-state index >= 15 is 0 Å². The number of benzene rings is 1. The molecule has 0 saturated carbocycles. The van der Waals surface area contributed by atoms with Crippen molar-refractivity contribution in [3.05, 3.63) is 46.8 Å². The Labute approximate surface area is 166 Å². The number of para-hydroxylation sites is 1. The van der Waals surface area contributed by atoms with E-state index in [2.05, 4.69) is 4.98 Å². The second-order valence-corrected chi connectivity index (χ2v) is 7.52. The summed E-state index contributed by atoms with van der Waals surface area (Å²) in [5.74, 6) is -1.17. The Hall–Kier alpha value is -2.87. The molecule has 1 aromatic carbocycles.